The minimum atomic E-state index is -0.676. The summed E-state index contributed by atoms with van der Waals surface area (Å²) < 4.78 is 13.5. The first-order chi connectivity index (χ1) is 6.13. The molecule has 1 aromatic carbocycles. The molecule has 0 aliphatic heterocycles. The number of benzene rings is 1. The van der Waals surface area contributed by atoms with Crippen LogP contribution in [0.3, 0.4) is 0 Å². The quantitative estimate of drug-likeness (QED) is 0.810. The monoisotopic (exact) mass is 244 g/mol. The molecule has 0 amide bonds. The van der Waals surface area contributed by atoms with Crippen molar-refractivity contribution < 1.29 is 9.50 Å². The fourth-order valence-corrected chi connectivity index (χ4v) is 1.54. The Morgan fingerprint density at radius 1 is 1.54 bits per heavy atom. The third kappa shape index (κ3) is 2.94. The molecule has 0 fully saturated rings. The van der Waals surface area contributed by atoms with E-state index in [1.165, 1.54) is 12.1 Å². The molecule has 0 aromatic heterocycles. The highest BCUT2D eigenvalue weighted by Gasteiger charge is 2.07. The van der Waals surface area contributed by atoms with Crippen LogP contribution in [0.25, 0.3) is 0 Å². The highest BCUT2D eigenvalue weighted by molar-refractivity contribution is 9.10. The number of aliphatic hydroxyl groups excluding tert-OH is 1. The molecule has 1 N–H and O–H groups in total. The first-order valence-corrected chi connectivity index (χ1v) is 4.67. The van der Waals surface area contributed by atoms with Crippen LogP contribution in [0.15, 0.2) is 35.3 Å². The molecule has 0 bridgehead atoms. The van der Waals surface area contributed by atoms with Crippen molar-refractivity contribution in [2.75, 3.05) is 0 Å². The predicted octanol–water partition coefficient (Wildman–Crippen LogP) is 3.20. The molecule has 0 radical (unpaired) electrons. The normalized spacial score (nSPS) is 12.5. The molecule has 1 nitrogen and oxygen atoms in total. The highest BCUT2D eigenvalue weighted by atomic mass is 79.9. The third-order valence-corrected chi connectivity index (χ3v) is 2.12. The summed E-state index contributed by atoms with van der Waals surface area (Å²) in [6.45, 7) is 3.51. The van der Waals surface area contributed by atoms with Gasteiger partial charge in [0.1, 0.15) is 5.82 Å². The standard InChI is InChI=1S/C10H10BrFO/c1-2-3-10(13)7-4-8(11)6-9(12)5-7/h2,4-6,10,13H,1,3H2. The minimum absolute atomic E-state index is 0.354. The van der Waals surface area contributed by atoms with E-state index in [0.29, 0.717) is 16.5 Å². The van der Waals surface area contributed by atoms with Gasteiger partial charge in [0.05, 0.1) is 6.10 Å². The van der Waals surface area contributed by atoms with E-state index in [0.717, 1.165) is 0 Å². The summed E-state index contributed by atoms with van der Waals surface area (Å²) in [5.41, 5.74) is 0.562. The molecule has 0 saturated heterocycles. The van der Waals surface area contributed by atoms with Gasteiger partial charge in [-0.25, -0.2) is 4.39 Å². The van der Waals surface area contributed by atoms with E-state index >= 15 is 0 Å². The van der Waals surface area contributed by atoms with Crippen molar-refractivity contribution in [2.45, 2.75) is 12.5 Å². The second-order valence-corrected chi connectivity index (χ2v) is 3.66. The van der Waals surface area contributed by atoms with Crippen LogP contribution in [0.5, 0.6) is 0 Å². The Hall–Kier alpha value is -0.670. The van der Waals surface area contributed by atoms with Crippen molar-refractivity contribution in [3.05, 3.63) is 46.7 Å². The lowest BCUT2D eigenvalue weighted by Crippen LogP contribution is -1.96. The number of aliphatic hydroxyl groups is 1. The summed E-state index contributed by atoms with van der Waals surface area (Å²) >= 11 is 3.16. The molecule has 1 unspecified atom stereocenters. The van der Waals surface area contributed by atoms with Gasteiger partial charge in [-0.3, -0.25) is 0 Å². The average molecular weight is 245 g/mol. The molecular weight excluding hydrogens is 235 g/mol. The number of rotatable bonds is 3. The third-order valence-electron chi connectivity index (χ3n) is 1.66. The Balaban J connectivity index is 2.93. The van der Waals surface area contributed by atoms with Crippen molar-refractivity contribution in [1.82, 2.24) is 0 Å². The Labute approximate surface area is 85.0 Å². The summed E-state index contributed by atoms with van der Waals surface area (Å²) in [6.07, 6.45) is 1.35. The number of hydrogen-bond donors (Lipinski definition) is 1. The fraction of sp³-hybridized carbons (Fsp3) is 0.200. The van der Waals surface area contributed by atoms with E-state index in [4.69, 9.17) is 0 Å². The van der Waals surface area contributed by atoms with Crippen LogP contribution in [0, 0.1) is 5.82 Å². The van der Waals surface area contributed by atoms with Crippen LogP contribution < -0.4 is 0 Å². The van der Waals surface area contributed by atoms with Crippen molar-refractivity contribution in [3.8, 4) is 0 Å². The van der Waals surface area contributed by atoms with E-state index in [1.807, 2.05) is 0 Å². The Kier molecular flexibility index (Phi) is 3.63. The first kappa shape index (κ1) is 10.4. The van der Waals surface area contributed by atoms with E-state index in [9.17, 15) is 9.50 Å². The zero-order valence-electron chi connectivity index (χ0n) is 7.00. The van der Waals surface area contributed by atoms with Gasteiger partial charge in [-0.1, -0.05) is 22.0 Å². The molecule has 13 heavy (non-hydrogen) atoms. The average Bonchev–Trinajstić information content (AvgIpc) is 2.03. The van der Waals surface area contributed by atoms with Gasteiger partial charge in [-0.15, -0.1) is 6.58 Å². The Morgan fingerprint density at radius 3 is 2.77 bits per heavy atom. The topological polar surface area (TPSA) is 20.2 Å². The zero-order chi connectivity index (χ0) is 9.84. The van der Waals surface area contributed by atoms with Gasteiger partial charge in [0, 0.05) is 4.47 Å². The van der Waals surface area contributed by atoms with Gasteiger partial charge in [0.2, 0.25) is 0 Å². The lowest BCUT2D eigenvalue weighted by atomic mass is 10.1. The SMILES string of the molecule is C=CCC(O)c1cc(F)cc(Br)c1. The largest absolute Gasteiger partial charge is 0.388 e. The molecule has 1 rings (SSSR count). The predicted molar refractivity (Wildman–Crippen MR) is 53.9 cm³/mol. The molecule has 0 spiro atoms. The lowest BCUT2D eigenvalue weighted by molar-refractivity contribution is 0.181. The second kappa shape index (κ2) is 4.53. The van der Waals surface area contributed by atoms with E-state index in [2.05, 4.69) is 22.5 Å². The van der Waals surface area contributed by atoms with Gasteiger partial charge in [-0.2, -0.15) is 0 Å². The maximum absolute atomic E-state index is 12.9. The van der Waals surface area contributed by atoms with Crippen LogP contribution >= 0.6 is 15.9 Å². The zero-order valence-corrected chi connectivity index (χ0v) is 8.59. The fourth-order valence-electron chi connectivity index (χ4n) is 1.06. The van der Waals surface area contributed by atoms with Gasteiger partial charge < -0.3 is 5.11 Å². The summed E-state index contributed by atoms with van der Waals surface area (Å²) in [7, 11) is 0. The van der Waals surface area contributed by atoms with Crippen LogP contribution in [-0.4, -0.2) is 5.11 Å². The lowest BCUT2D eigenvalue weighted by Gasteiger charge is -2.08. The maximum Gasteiger partial charge on any atom is 0.124 e. The summed E-state index contributed by atoms with van der Waals surface area (Å²) in [5, 5.41) is 9.51. The maximum atomic E-state index is 12.9. The molecule has 3 heteroatoms. The van der Waals surface area contributed by atoms with Crippen LogP contribution in [-0.2, 0) is 0 Å². The van der Waals surface area contributed by atoms with E-state index < -0.39 is 6.10 Å². The Morgan fingerprint density at radius 2 is 2.23 bits per heavy atom. The van der Waals surface area contributed by atoms with Crippen molar-refractivity contribution in [3.63, 3.8) is 0 Å². The van der Waals surface area contributed by atoms with E-state index in [-0.39, 0.29) is 5.82 Å². The summed E-state index contributed by atoms with van der Waals surface area (Å²) in [5.74, 6) is -0.354. The highest BCUT2D eigenvalue weighted by Crippen LogP contribution is 2.22. The van der Waals surface area contributed by atoms with Gasteiger partial charge in [-0.05, 0) is 30.2 Å². The van der Waals surface area contributed by atoms with E-state index in [1.54, 1.807) is 12.1 Å². The summed E-state index contributed by atoms with van der Waals surface area (Å²) in [4.78, 5) is 0. The molecule has 1 atom stereocenters. The molecular formula is C10H10BrFO. The number of hydrogen-bond acceptors (Lipinski definition) is 1. The number of halogens is 2. The van der Waals surface area contributed by atoms with Gasteiger partial charge in [0.15, 0.2) is 0 Å². The molecule has 0 aliphatic carbocycles. The molecule has 1 aromatic rings. The van der Waals surface area contributed by atoms with Crippen LogP contribution in [0.4, 0.5) is 4.39 Å². The van der Waals surface area contributed by atoms with Crippen molar-refractivity contribution >= 4 is 15.9 Å². The Bertz CT molecular complexity index is 292. The van der Waals surface area contributed by atoms with Crippen molar-refractivity contribution in [1.29, 1.82) is 0 Å². The van der Waals surface area contributed by atoms with Crippen LogP contribution in [0.1, 0.15) is 18.1 Å². The summed E-state index contributed by atoms with van der Waals surface area (Å²) in [6, 6.07) is 4.36. The van der Waals surface area contributed by atoms with Gasteiger partial charge in [0.25, 0.3) is 0 Å². The van der Waals surface area contributed by atoms with Crippen molar-refractivity contribution in [2.24, 2.45) is 0 Å². The molecule has 0 heterocycles. The molecule has 70 valence electrons. The molecule has 0 aliphatic rings. The second-order valence-electron chi connectivity index (χ2n) is 2.74. The van der Waals surface area contributed by atoms with Crippen LogP contribution in [0.2, 0.25) is 0 Å². The first-order valence-electron chi connectivity index (χ1n) is 3.88. The smallest absolute Gasteiger partial charge is 0.124 e. The molecule has 0 saturated carbocycles. The van der Waals surface area contributed by atoms with Gasteiger partial charge >= 0.3 is 0 Å². The minimum Gasteiger partial charge on any atom is -0.388 e.